The van der Waals surface area contributed by atoms with Crippen molar-refractivity contribution in [2.24, 2.45) is 11.8 Å². The highest BCUT2D eigenvalue weighted by Gasteiger charge is 2.30. The molecular formula is C61H71ClF2N12O12. The Labute approximate surface area is 511 Å². The van der Waals surface area contributed by atoms with Gasteiger partial charge in [-0.05, 0) is 133 Å². The van der Waals surface area contributed by atoms with Gasteiger partial charge < -0.3 is 45.7 Å². The molecule has 27 heteroatoms. The monoisotopic (exact) mass is 1240 g/mol. The Hall–Kier alpha value is -8.78. The van der Waals surface area contributed by atoms with Gasteiger partial charge in [-0.3, -0.25) is 38.4 Å². The summed E-state index contributed by atoms with van der Waals surface area (Å²) in [5.74, 6) is -2.67. The molecule has 8 heterocycles. The van der Waals surface area contributed by atoms with Gasteiger partial charge >= 0.3 is 6.09 Å². The Bertz CT molecular complexity index is 3650. The quantitative estimate of drug-likeness (QED) is 0.0698. The van der Waals surface area contributed by atoms with Gasteiger partial charge in [0.1, 0.15) is 53.1 Å². The maximum absolute atomic E-state index is 14.6. The van der Waals surface area contributed by atoms with E-state index >= 15 is 0 Å². The number of likely N-dealkylation sites (tertiary alicyclic amines) is 1. The van der Waals surface area contributed by atoms with E-state index in [1.807, 2.05) is 20.8 Å². The van der Waals surface area contributed by atoms with Gasteiger partial charge in [0.05, 0.1) is 24.5 Å². The molecular weight excluding hydrogens is 1170 g/mol. The zero-order valence-electron chi connectivity index (χ0n) is 49.5. The minimum Gasteiger partial charge on any atom is -0.486 e. The fourth-order valence-corrected chi connectivity index (χ4v) is 10.6. The molecule has 6 aromatic rings. The standard InChI is InChI=1S/C33H39FN6O7.C28H31FN6O5.ClH/c1-19(27(42)7-5-20-9-11-39(12-10-20)32(45)47-33(2,3)4)37-31(44)26-15-25(38-29-24(34)17-36-40(26)29)30(43)35-16-21-6-8-28-22(13-21)14-23(41)18-46-28;1-16(24(37)4-2-17-6-8-30-9-7-17)33-28(39)23-12-22(34-26-21(29)14-32-35(23)26)27(38)31-13-18-3-5-25-19(10-18)11-20(36)15-40-25;/h6,8,13,15,17,19-20H,5,7,9-12,14,16,18H2,1-4H3,(H,35,43)(H,37,44);3,5,10,12,14,16-17,30H,2,4,6-9,11,13,15H2,1H3,(H,31,38)(H,33,39);1H/t19-;16-;/m00./s1. The maximum Gasteiger partial charge on any atom is 0.410 e. The summed E-state index contributed by atoms with van der Waals surface area (Å²) < 4.78 is 47.2. The van der Waals surface area contributed by atoms with Crippen molar-refractivity contribution in [1.82, 2.24) is 60.7 Å². The van der Waals surface area contributed by atoms with Crippen molar-refractivity contribution in [3.8, 4) is 11.5 Å². The predicted octanol–water partition coefficient (Wildman–Crippen LogP) is 5.61. The summed E-state index contributed by atoms with van der Waals surface area (Å²) in [6.07, 6.45) is 7.47. The van der Waals surface area contributed by atoms with Crippen LogP contribution in [-0.4, -0.2) is 144 Å². The number of Topliss-reactive ketones (excluding diaryl/α,β-unsaturated/α-hetero) is 4. The van der Waals surface area contributed by atoms with Crippen LogP contribution in [-0.2, 0) is 49.8 Å². The molecule has 0 saturated carbocycles. The van der Waals surface area contributed by atoms with Crippen molar-refractivity contribution in [2.45, 2.75) is 130 Å². The van der Waals surface area contributed by atoms with Crippen LogP contribution in [0.4, 0.5) is 13.6 Å². The number of nitrogens with one attached hydrogen (secondary N) is 5. The number of carbonyl (C=O) groups is 9. The van der Waals surface area contributed by atoms with Crippen LogP contribution in [0.5, 0.6) is 11.5 Å². The van der Waals surface area contributed by atoms with Crippen molar-refractivity contribution in [2.75, 3.05) is 39.4 Å². The van der Waals surface area contributed by atoms with Crippen LogP contribution in [0.2, 0.25) is 0 Å². The molecule has 468 valence electrons. The summed E-state index contributed by atoms with van der Waals surface area (Å²) in [7, 11) is 0. The molecule has 2 aromatic carbocycles. The lowest BCUT2D eigenvalue weighted by molar-refractivity contribution is -0.122. The predicted molar refractivity (Wildman–Crippen MR) is 315 cm³/mol. The van der Waals surface area contributed by atoms with Crippen LogP contribution in [0.3, 0.4) is 0 Å². The van der Waals surface area contributed by atoms with Gasteiger partial charge in [0.2, 0.25) is 0 Å². The molecule has 2 fully saturated rings. The first-order valence-corrected chi connectivity index (χ1v) is 29.1. The Morgan fingerprint density at radius 3 is 1.51 bits per heavy atom. The number of ether oxygens (including phenoxy) is 3. The lowest BCUT2D eigenvalue weighted by atomic mass is 9.90. The molecule has 0 unspecified atom stereocenters. The van der Waals surface area contributed by atoms with E-state index in [2.05, 4.69) is 46.7 Å². The van der Waals surface area contributed by atoms with E-state index in [1.54, 1.807) is 55.1 Å². The van der Waals surface area contributed by atoms with Crippen LogP contribution in [0.1, 0.15) is 150 Å². The number of rotatable bonds is 18. The average molecular weight is 1240 g/mol. The van der Waals surface area contributed by atoms with Gasteiger partial charge in [0.15, 0.2) is 46.1 Å². The van der Waals surface area contributed by atoms with E-state index in [9.17, 15) is 51.9 Å². The molecule has 2 atom stereocenters. The first-order valence-electron chi connectivity index (χ1n) is 29.1. The van der Waals surface area contributed by atoms with Gasteiger partial charge in [-0.25, -0.2) is 32.6 Å². The molecule has 0 radical (unpaired) electrons. The highest BCUT2D eigenvalue weighted by molar-refractivity contribution is 6.01. The third kappa shape index (κ3) is 16.6. The van der Waals surface area contributed by atoms with Crippen molar-refractivity contribution in [3.05, 3.63) is 118 Å². The highest BCUT2D eigenvalue weighted by Crippen LogP contribution is 2.28. The second kappa shape index (κ2) is 28.8. The van der Waals surface area contributed by atoms with Gasteiger partial charge in [-0.2, -0.15) is 10.2 Å². The van der Waals surface area contributed by atoms with Crippen LogP contribution in [0.15, 0.2) is 60.9 Å². The summed E-state index contributed by atoms with van der Waals surface area (Å²) in [5, 5.41) is 21.8. The summed E-state index contributed by atoms with van der Waals surface area (Å²) >= 11 is 0. The Morgan fingerprint density at radius 2 is 1.08 bits per heavy atom. The molecule has 5 amide bonds. The Kier molecular flexibility index (Phi) is 21.4. The number of hydrogen-bond acceptors (Lipinski definition) is 17. The molecule has 10 rings (SSSR count). The molecule has 2 saturated heterocycles. The first-order chi connectivity index (χ1) is 41.5. The van der Waals surface area contributed by atoms with Crippen LogP contribution in [0.25, 0.3) is 11.3 Å². The Balaban J connectivity index is 0.000000228. The van der Waals surface area contributed by atoms with E-state index in [0.717, 1.165) is 83.3 Å². The van der Waals surface area contributed by atoms with Crippen molar-refractivity contribution in [1.29, 1.82) is 0 Å². The third-order valence-electron chi connectivity index (χ3n) is 15.5. The van der Waals surface area contributed by atoms with Gasteiger partial charge in [-0.15, -0.1) is 12.4 Å². The number of halogens is 3. The summed E-state index contributed by atoms with van der Waals surface area (Å²) in [6.45, 7) is 11.9. The number of hydrogen-bond donors (Lipinski definition) is 5. The number of ketones is 4. The highest BCUT2D eigenvalue weighted by atomic mass is 35.5. The lowest BCUT2D eigenvalue weighted by Crippen LogP contribution is -2.42. The minimum absolute atomic E-state index is 0. The fraction of sp³-hybridized carbons (Fsp3) is 0.459. The fourth-order valence-electron chi connectivity index (χ4n) is 10.6. The van der Waals surface area contributed by atoms with Gasteiger partial charge in [0, 0.05) is 75.1 Å². The zero-order valence-corrected chi connectivity index (χ0v) is 50.3. The number of aromatic nitrogens is 6. The van der Waals surface area contributed by atoms with Crippen LogP contribution in [0, 0.1) is 23.5 Å². The molecule has 0 spiro atoms. The number of fused-ring (bicyclic) bond motifs is 4. The van der Waals surface area contributed by atoms with Crippen LogP contribution < -0.4 is 36.1 Å². The van der Waals surface area contributed by atoms with E-state index < -0.39 is 52.9 Å². The summed E-state index contributed by atoms with van der Waals surface area (Å²) in [6, 6.07) is 11.3. The first kappa shape index (κ1) is 65.2. The molecule has 5 N–H and O–H groups in total. The van der Waals surface area contributed by atoms with Gasteiger partial charge in [-0.1, -0.05) is 12.1 Å². The Morgan fingerprint density at radius 1 is 0.648 bits per heavy atom. The zero-order chi connectivity index (χ0) is 62.1. The maximum atomic E-state index is 14.6. The molecule has 0 aliphatic carbocycles. The number of benzene rings is 2. The summed E-state index contributed by atoms with van der Waals surface area (Å²) in [4.78, 5) is 124. The minimum atomic E-state index is -0.856. The second-order valence-electron chi connectivity index (χ2n) is 23.3. The average Bonchev–Trinajstić information content (AvgIpc) is 3.03. The summed E-state index contributed by atoms with van der Waals surface area (Å²) in [5.41, 5.74) is 1.06. The molecule has 4 aliphatic heterocycles. The van der Waals surface area contributed by atoms with Crippen molar-refractivity contribution < 1.29 is 66.1 Å². The van der Waals surface area contributed by atoms with E-state index in [4.69, 9.17) is 14.2 Å². The molecule has 24 nitrogen and oxygen atoms in total. The largest absolute Gasteiger partial charge is 0.486 e. The third-order valence-corrected chi connectivity index (χ3v) is 15.5. The van der Waals surface area contributed by atoms with Gasteiger partial charge in [0.25, 0.3) is 23.6 Å². The molecule has 4 aromatic heterocycles. The molecule has 4 aliphatic rings. The second-order valence-corrected chi connectivity index (χ2v) is 23.3. The van der Waals surface area contributed by atoms with E-state index in [1.165, 1.54) is 12.1 Å². The van der Waals surface area contributed by atoms with E-state index in [0.29, 0.717) is 48.9 Å². The number of nitrogens with zero attached hydrogens (tertiary/aromatic N) is 7. The van der Waals surface area contributed by atoms with Crippen molar-refractivity contribution in [3.63, 3.8) is 0 Å². The molecule has 88 heavy (non-hydrogen) atoms. The van der Waals surface area contributed by atoms with Crippen molar-refractivity contribution >= 4 is 76.6 Å². The van der Waals surface area contributed by atoms with Crippen LogP contribution >= 0.6 is 12.4 Å². The van der Waals surface area contributed by atoms with E-state index in [-0.39, 0.29) is 127 Å². The topological polar surface area (TPSA) is 305 Å². The number of carbonyl (C=O) groups excluding carboxylic acids is 9. The number of piperidine rings is 2. The SMILES string of the molecule is C[C@H](NC(=O)c1cc(C(=O)NCc2ccc3c(c2)CC(=O)CO3)nc2c(F)cnn12)C(=O)CCC1CCN(C(=O)OC(C)(C)C)CC1.C[C@H](NC(=O)c1cc(C(=O)NCc2ccc3c(c2)CC(=O)CO3)nc2c(F)cnn12)C(=O)CCC1CCNCC1.Cl. The smallest absolute Gasteiger partial charge is 0.410 e. The number of amides is 5. The normalized spacial score (nSPS) is 15.8. The lowest BCUT2D eigenvalue weighted by Gasteiger charge is -2.33. The molecule has 0 bridgehead atoms.